The Morgan fingerprint density at radius 1 is 0.933 bits per heavy atom. The third kappa shape index (κ3) is 2.85. The van der Waals surface area contributed by atoms with Crippen molar-refractivity contribution in [3.05, 3.63) is 0 Å². The molecule has 2 unspecified atom stereocenters. The van der Waals surface area contributed by atoms with Crippen molar-refractivity contribution in [1.29, 1.82) is 0 Å². The van der Waals surface area contributed by atoms with Gasteiger partial charge in [0, 0.05) is 12.8 Å². The summed E-state index contributed by atoms with van der Waals surface area (Å²) in [5.41, 5.74) is 0. The zero-order valence-electron chi connectivity index (χ0n) is 7.45. The lowest BCUT2D eigenvalue weighted by Crippen LogP contribution is -2.43. The summed E-state index contributed by atoms with van der Waals surface area (Å²) in [6.07, 6.45) is -12.1. The zero-order valence-corrected chi connectivity index (χ0v) is 7.45. The molecule has 1 aliphatic carbocycles. The number of rotatable bonds is 0. The first-order chi connectivity index (χ1) is 6.62. The second kappa shape index (κ2) is 3.68. The third-order valence-electron chi connectivity index (χ3n) is 2.51. The van der Waals surface area contributed by atoms with Crippen molar-refractivity contribution in [2.45, 2.75) is 31.6 Å². The predicted molar refractivity (Wildman–Crippen MR) is 37.9 cm³/mol. The summed E-state index contributed by atoms with van der Waals surface area (Å²) in [6.45, 7) is 0. The monoisotopic (exact) mass is 234 g/mol. The van der Waals surface area contributed by atoms with Crippen molar-refractivity contribution in [2.75, 3.05) is 0 Å². The molecule has 2 atom stereocenters. The SMILES string of the molecule is O=C1CCC(C(F)(F)F)C(C(F)(F)F)C1. The van der Waals surface area contributed by atoms with Crippen molar-refractivity contribution in [3.8, 4) is 0 Å². The second-order valence-electron chi connectivity index (χ2n) is 3.58. The molecule has 0 aromatic heterocycles. The van der Waals surface area contributed by atoms with Crippen LogP contribution in [0.25, 0.3) is 0 Å². The molecule has 15 heavy (non-hydrogen) atoms. The van der Waals surface area contributed by atoms with Gasteiger partial charge in [0.15, 0.2) is 0 Å². The van der Waals surface area contributed by atoms with Gasteiger partial charge in [0.1, 0.15) is 5.78 Å². The third-order valence-corrected chi connectivity index (χ3v) is 2.51. The molecule has 88 valence electrons. The molecule has 1 nitrogen and oxygen atoms in total. The molecule has 7 heteroatoms. The maximum Gasteiger partial charge on any atom is 0.392 e. The molecule has 0 saturated heterocycles. The largest absolute Gasteiger partial charge is 0.392 e. The Labute approximate surface area is 81.4 Å². The van der Waals surface area contributed by atoms with Gasteiger partial charge in [-0.2, -0.15) is 26.3 Å². The minimum absolute atomic E-state index is 0.420. The summed E-state index contributed by atoms with van der Waals surface area (Å²) in [7, 11) is 0. The fraction of sp³-hybridized carbons (Fsp3) is 0.875. The Hall–Kier alpha value is -0.750. The maximum atomic E-state index is 12.2. The van der Waals surface area contributed by atoms with Crippen molar-refractivity contribution >= 4 is 5.78 Å². The molecule has 0 amide bonds. The average molecular weight is 234 g/mol. The highest BCUT2D eigenvalue weighted by Crippen LogP contribution is 2.47. The Kier molecular flexibility index (Phi) is 3.02. The number of ketones is 1. The summed E-state index contributed by atoms with van der Waals surface area (Å²) in [4.78, 5) is 10.7. The molecule has 0 radical (unpaired) electrons. The minimum atomic E-state index is -4.96. The van der Waals surface area contributed by atoms with E-state index >= 15 is 0 Å². The van der Waals surface area contributed by atoms with Gasteiger partial charge in [-0.3, -0.25) is 4.79 Å². The van der Waals surface area contributed by atoms with E-state index < -0.39 is 49.2 Å². The molecular weight excluding hydrogens is 226 g/mol. The first kappa shape index (κ1) is 12.3. The lowest BCUT2D eigenvalue weighted by atomic mass is 9.78. The van der Waals surface area contributed by atoms with Crippen LogP contribution in [-0.4, -0.2) is 18.1 Å². The van der Waals surface area contributed by atoms with Gasteiger partial charge in [-0.15, -0.1) is 0 Å². The van der Waals surface area contributed by atoms with Crippen LogP contribution in [0.5, 0.6) is 0 Å². The van der Waals surface area contributed by atoms with Crippen LogP contribution in [0.3, 0.4) is 0 Å². The van der Waals surface area contributed by atoms with E-state index in [1.807, 2.05) is 0 Å². The van der Waals surface area contributed by atoms with Gasteiger partial charge in [-0.1, -0.05) is 0 Å². The molecule has 1 saturated carbocycles. The van der Waals surface area contributed by atoms with E-state index in [-0.39, 0.29) is 0 Å². The number of hydrogen-bond acceptors (Lipinski definition) is 1. The number of halogens is 6. The minimum Gasteiger partial charge on any atom is -0.300 e. The highest BCUT2D eigenvalue weighted by Gasteiger charge is 2.56. The van der Waals surface area contributed by atoms with Crippen LogP contribution in [0.15, 0.2) is 0 Å². The predicted octanol–water partition coefficient (Wildman–Crippen LogP) is 3.10. The normalized spacial score (nSPS) is 29.3. The van der Waals surface area contributed by atoms with Gasteiger partial charge in [-0.25, -0.2) is 0 Å². The van der Waals surface area contributed by atoms with Crippen molar-refractivity contribution < 1.29 is 31.1 Å². The van der Waals surface area contributed by atoms with Crippen LogP contribution in [0.4, 0.5) is 26.3 Å². The van der Waals surface area contributed by atoms with E-state index in [9.17, 15) is 31.1 Å². The summed E-state index contributed by atoms with van der Waals surface area (Å²) < 4.78 is 73.4. The van der Waals surface area contributed by atoms with Gasteiger partial charge >= 0.3 is 12.4 Å². The van der Waals surface area contributed by atoms with Gasteiger partial charge in [0.25, 0.3) is 0 Å². The molecule has 0 bridgehead atoms. The van der Waals surface area contributed by atoms with Crippen molar-refractivity contribution in [3.63, 3.8) is 0 Å². The van der Waals surface area contributed by atoms with E-state index in [2.05, 4.69) is 0 Å². The van der Waals surface area contributed by atoms with Crippen molar-refractivity contribution in [1.82, 2.24) is 0 Å². The van der Waals surface area contributed by atoms with E-state index in [1.165, 1.54) is 0 Å². The lowest BCUT2D eigenvalue weighted by Gasteiger charge is -2.33. The Bertz CT molecular complexity index is 253. The highest BCUT2D eigenvalue weighted by molar-refractivity contribution is 5.79. The number of carbonyl (C=O) groups excluding carboxylic acids is 1. The summed E-state index contributed by atoms with van der Waals surface area (Å²) in [5, 5.41) is 0. The molecule has 1 rings (SSSR count). The quantitative estimate of drug-likeness (QED) is 0.588. The van der Waals surface area contributed by atoms with Crippen LogP contribution >= 0.6 is 0 Å². The summed E-state index contributed by atoms with van der Waals surface area (Å²) in [5.74, 6) is -5.76. The molecule has 0 spiro atoms. The average Bonchev–Trinajstić information content (AvgIpc) is 2.00. The fourth-order valence-electron chi connectivity index (χ4n) is 1.74. The lowest BCUT2D eigenvalue weighted by molar-refractivity contribution is -0.259. The van der Waals surface area contributed by atoms with Crippen LogP contribution in [-0.2, 0) is 4.79 Å². The van der Waals surface area contributed by atoms with Crippen LogP contribution < -0.4 is 0 Å². The number of carbonyl (C=O) groups is 1. The first-order valence-electron chi connectivity index (χ1n) is 4.27. The highest BCUT2D eigenvalue weighted by atomic mass is 19.4. The number of Topliss-reactive ketones (excluding diaryl/α,β-unsaturated/α-hetero) is 1. The van der Waals surface area contributed by atoms with Crippen molar-refractivity contribution in [2.24, 2.45) is 11.8 Å². The molecule has 1 aliphatic rings. The van der Waals surface area contributed by atoms with Gasteiger partial charge in [0.2, 0.25) is 0 Å². The molecule has 0 aromatic rings. The molecule has 0 aromatic carbocycles. The zero-order chi connectivity index (χ0) is 11.9. The van der Waals surface area contributed by atoms with E-state index in [1.54, 1.807) is 0 Å². The smallest absolute Gasteiger partial charge is 0.300 e. The molecule has 0 N–H and O–H groups in total. The molecule has 1 fully saturated rings. The van der Waals surface area contributed by atoms with E-state index in [0.29, 0.717) is 0 Å². The van der Waals surface area contributed by atoms with Gasteiger partial charge < -0.3 is 0 Å². The summed E-state index contributed by atoms with van der Waals surface area (Å²) in [6, 6.07) is 0. The molecular formula is C8H8F6O. The summed E-state index contributed by atoms with van der Waals surface area (Å²) >= 11 is 0. The molecule has 0 aliphatic heterocycles. The number of hydrogen-bond donors (Lipinski definition) is 0. The fourth-order valence-corrected chi connectivity index (χ4v) is 1.74. The number of alkyl halides is 6. The van der Waals surface area contributed by atoms with Crippen LogP contribution in [0.2, 0.25) is 0 Å². The molecule has 0 heterocycles. The van der Waals surface area contributed by atoms with E-state index in [0.717, 1.165) is 0 Å². The van der Waals surface area contributed by atoms with Gasteiger partial charge in [0.05, 0.1) is 11.8 Å². The maximum absolute atomic E-state index is 12.2. The van der Waals surface area contributed by atoms with E-state index in [4.69, 9.17) is 0 Å². The van der Waals surface area contributed by atoms with Crippen LogP contribution in [0.1, 0.15) is 19.3 Å². The Balaban J connectivity index is 2.90. The van der Waals surface area contributed by atoms with Gasteiger partial charge in [-0.05, 0) is 6.42 Å². The second-order valence-corrected chi connectivity index (χ2v) is 3.58. The standard InChI is InChI=1S/C8H8F6O/c9-7(10,11)5-2-1-4(15)3-6(5)8(12,13)14/h5-6H,1-3H2. The first-order valence-corrected chi connectivity index (χ1v) is 4.27. The topological polar surface area (TPSA) is 17.1 Å². The Morgan fingerprint density at radius 2 is 1.40 bits per heavy atom. The Morgan fingerprint density at radius 3 is 1.80 bits per heavy atom. The van der Waals surface area contributed by atoms with Crippen LogP contribution in [0, 0.1) is 11.8 Å².